The molecule has 0 bridgehead atoms. The predicted molar refractivity (Wildman–Crippen MR) is 157 cm³/mol. The average Bonchev–Trinajstić information content (AvgIpc) is 3.35. The van der Waals surface area contributed by atoms with E-state index in [-0.39, 0.29) is 24.3 Å². The second kappa shape index (κ2) is 12.4. The quantitative estimate of drug-likeness (QED) is 0.233. The van der Waals surface area contributed by atoms with E-state index in [0.717, 1.165) is 48.7 Å². The van der Waals surface area contributed by atoms with Crippen molar-refractivity contribution in [1.82, 2.24) is 0 Å². The number of nitrogens with two attached hydrogens (primary N) is 1. The number of fused-ring (bicyclic) bond motifs is 1. The molecule has 1 fully saturated rings. The van der Waals surface area contributed by atoms with Gasteiger partial charge in [0, 0.05) is 34.9 Å². The van der Waals surface area contributed by atoms with Crippen molar-refractivity contribution in [2.75, 3.05) is 13.2 Å². The lowest BCUT2D eigenvalue weighted by molar-refractivity contribution is -0.118. The van der Waals surface area contributed by atoms with Gasteiger partial charge in [0.25, 0.3) is 0 Å². The molecule has 39 heavy (non-hydrogen) atoms. The molecule has 1 saturated heterocycles. The number of ether oxygens (including phenoxy) is 3. The largest absolute Gasteiger partial charge is 0.490 e. The predicted octanol–water partition coefficient (Wildman–Crippen LogP) is 7.00. The van der Waals surface area contributed by atoms with Crippen molar-refractivity contribution in [2.24, 2.45) is 5.73 Å². The van der Waals surface area contributed by atoms with Crippen LogP contribution in [0, 0.1) is 18.8 Å². The van der Waals surface area contributed by atoms with Gasteiger partial charge in [0.15, 0.2) is 0 Å². The van der Waals surface area contributed by atoms with Gasteiger partial charge in [-0.15, -0.1) is 17.3 Å². The summed E-state index contributed by atoms with van der Waals surface area (Å²) in [6, 6.07) is 20.7. The first kappa shape index (κ1) is 26.8. The highest BCUT2D eigenvalue weighted by atomic mass is 32.1. The van der Waals surface area contributed by atoms with E-state index in [1.165, 1.54) is 26.8 Å². The Morgan fingerprint density at radius 2 is 1.82 bits per heavy atom. The minimum atomic E-state index is -0.354. The van der Waals surface area contributed by atoms with Crippen LogP contribution in [-0.4, -0.2) is 25.2 Å². The first-order valence-electron chi connectivity index (χ1n) is 13.3. The first-order valence-corrected chi connectivity index (χ1v) is 14.2. The number of thiophene rings is 1. The summed E-state index contributed by atoms with van der Waals surface area (Å²) in [7, 11) is 0. The normalized spacial score (nSPS) is 14.4. The molecule has 0 saturated carbocycles. The zero-order valence-electron chi connectivity index (χ0n) is 22.4. The van der Waals surface area contributed by atoms with E-state index >= 15 is 0 Å². The van der Waals surface area contributed by atoms with E-state index in [4.69, 9.17) is 19.9 Å². The fraction of sp³-hybridized carbons (Fsp3) is 0.303. The molecule has 1 aromatic heterocycles. The maximum absolute atomic E-state index is 11.4. The lowest BCUT2D eigenvalue weighted by Gasteiger charge is -2.23. The second-order valence-corrected chi connectivity index (χ2v) is 10.8. The van der Waals surface area contributed by atoms with Gasteiger partial charge in [-0.1, -0.05) is 36.3 Å². The Morgan fingerprint density at radius 3 is 2.54 bits per heavy atom. The standard InChI is InChI=1S/C33H33NO4S/c1-3-4-25(18-33(34)35)24-7-5-23(6-8-24)20-37-27-10-12-32-30(19-27)31(21-39-32)29-11-9-28(17-22(29)2)38-26-13-15-36-16-14-26/h5-12,17,19,21,25-26H,13-16,18,20H2,1-2H3,(H2,34,35)/t25-/m0/s1. The van der Waals surface area contributed by atoms with Crippen LogP contribution >= 0.6 is 11.3 Å². The fourth-order valence-corrected chi connectivity index (χ4v) is 5.89. The maximum atomic E-state index is 11.4. The van der Waals surface area contributed by atoms with Gasteiger partial charge in [-0.3, -0.25) is 4.79 Å². The highest BCUT2D eigenvalue weighted by molar-refractivity contribution is 7.17. The monoisotopic (exact) mass is 539 g/mol. The zero-order chi connectivity index (χ0) is 27.2. The minimum Gasteiger partial charge on any atom is -0.490 e. The molecule has 5 rings (SSSR count). The van der Waals surface area contributed by atoms with E-state index in [1.54, 1.807) is 18.3 Å². The molecule has 0 spiro atoms. The molecule has 1 amide bonds. The van der Waals surface area contributed by atoms with Crippen LogP contribution in [-0.2, 0) is 16.1 Å². The van der Waals surface area contributed by atoms with Gasteiger partial charge in [-0.2, -0.15) is 0 Å². The van der Waals surface area contributed by atoms with Gasteiger partial charge in [0.1, 0.15) is 24.2 Å². The highest BCUT2D eigenvalue weighted by Crippen LogP contribution is 2.38. The number of hydrogen-bond acceptors (Lipinski definition) is 5. The van der Waals surface area contributed by atoms with Crippen molar-refractivity contribution in [3.63, 3.8) is 0 Å². The molecule has 1 aliphatic heterocycles. The van der Waals surface area contributed by atoms with Crippen molar-refractivity contribution in [1.29, 1.82) is 0 Å². The number of aryl methyl sites for hydroxylation is 1. The third-order valence-corrected chi connectivity index (χ3v) is 7.98. The number of primary amides is 1. The van der Waals surface area contributed by atoms with E-state index in [9.17, 15) is 4.79 Å². The summed E-state index contributed by atoms with van der Waals surface area (Å²) >= 11 is 1.74. The van der Waals surface area contributed by atoms with E-state index < -0.39 is 0 Å². The van der Waals surface area contributed by atoms with E-state index in [2.05, 4.69) is 54.5 Å². The summed E-state index contributed by atoms with van der Waals surface area (Å²) in [5.74, 6) is 7.17. The maximum Gasteiger partial charge on any atom is 0.219 e. The Labute approximate surface area is 233 Å². The van der Waals surface area contributed by atoms with Gasteiger partial charge in [-0.05, 0) is 71.8 Å². The number of rotatable bonds is 9. The van der Waals surface area contributed by atoms with Crippen LogP contribution in [0.15, 0.2) is 66.0 Å². The lowest BCUT2D eigenvalue weighted by Crippen LogP contribution is -2.25. The molecule has 1 aliphatic rings. The van der Waals surface area contributed by atoms with Crippen LogP contribution in [0.1, 0.15) is 48.8 Å². The Kier molecular flexibility index (Phi) is 8.51. The number of benzene rings is 3. The van der Waals surface area contributed by atoms with E-state index in [1.807, 2.05) is 30.3 Å². The summed E-state index contributed by atoms with van der Waals surface area (Å²) in [5, 5.41) is 3.40. The molecule has 0 aliphatic carbocycles. The van der Waals surface area contributed by atoms with E-state index in [0.29, 0.717) is 6.61 Å². The summed E-state index contributed by atoms with van der Waals surface area (Å²) in [4.78, 5) is 11.4. The smallest absolute Gasteiger partial charge is 0.219 e. The zero-order valence-corrected chi connectivity index (χ0v) is 23.2. The summed E-state index contributed by atoms with van der Waals surface area (Å²) in [5.41, 5.74) is 11.0. The minimum absolute atomic E-state index is 0.187. The fourth-order valence-electron chi connectivity index (χ4n) is 4.94. The van der Waals surface area contributed by atoms with Gasteiger partial charge >= 0.3 is 0 Å². The van der Waals surface area contributed by atoms with Crippen LogP contribution in [0.4, 0.5) is 0 Å². The Hall–Kier alpha value is -3.79. The Bertz CT molecular complexity index is 1510. The molecule has 1 atom stereocenters. The van der Waals surface area contributed by atoms with Gasteiger partial charge in [0.2, 0.25) is 5.91 Å². The molecule has 5 nitrogen and oxygen atoms in total. The number of carbonyl (C=O) groups is 1. The molecule has 2 N–H and O–H groups in total. The molecule has 4 aromatic rings. The third kappa shape index (κ3) is 6.62. The molecule has 0 radical (unpaired) electrons. The number of carbonyl (C=O) groups excluding carboxylic acids is 1. The first-order chi connectivity index (χ1) is 19.0. The molecule has 3 aromatic carbocycles. The van der Waals surface area contributed by atoms with Gasteiger partial charge < -0.3 is 19.9 Å². The Morgan fingerprint density at radius 1 is 1.05 bits per heavy atom. The van der Waals surface area contributed by atoms with Crippen molar-refractivity contribution < 1.29 is 19.0 Å². The van der Waals surface area contributed by atoms with Crippen LogP contribution in [0.2, 0.25) is 0 Å². The third-order valence-electron chi connectivity index (χ3n) is 7.02. The second-order valence-electron chi connectivity index (χ2n) is 9.86. The topological polar surface area (TPSA) is 70.8 Å². The van der Waals surface area contributed by atoms with Crippen LogP contribution < -0.4 is 15.2 Å². The SMILES string of the molecule is CC#C[C@@H](CC(N)=O)c1ccc(COc2ccc3scc(-c4ccc(OC5CCOCC5)cc4C)c3c2)cc1. The molecule has 6 heteroatoms. The molecule has 2 heterocycles. The van der Waals surface area contributed by atoms with Crippen LogP contribution in [0.5, 0.6) is 11.5 Å². The van der Waals surface area contributed by atoms with Crippen molar-refractivity contribution in [3.05, 3.63) is 82.7 Å². The van der Waals surface area contributed by atoms with Crippen molar-refractivity contribution >= 4 is 27.3 Å². The number of hydrogen-bond donors (Lipinski definition) is 1. The lowest BCUT2D eigenvalue weighted by atomic mass is 9.95. The van der Waals surface area contributed by atoms with Crippen molar-refractivity contribution in [2.45, 2.75) is 51.7 Å². The molecular weight excluding hydrogens is 506 g/mol. The van der Waals surface area contributed by atoms with Gasteiger partial charge in [-0.25, -0.2) is 0 Å². The summed E-state index contributed by atoms with van der Waals surface area (Å²) in [6.45, 7) is 5.89. The van der Waals surface area contributed by atoms with Crippen LogP contribution in [0.3, 0.4) is 0 Å². The van der Waals surface area contributed by atoms with Crippen LogP contribution in [0.25, 0.3) is 21.2 Å². The molecule has 0 unspecified atom stereocenters. The van der Waals surface area contributed by atoms with Gasteiger partial charge in [0.05, 0.1) is 19.1 Å². The summed E-state index contributed by atoms with van der Waals surface area (Å²) in [6.07, 6.45) is 2.31. The highest BCUT2D eigenvalue weighted by Gasteiger charge is 2.17. The molecule has 200 valence electrons. The molecular formula is C33H33NO4S. The number of amides is 1. The average molecular weight is 540 g/mol. The van der Waals surface area contributed by atoms with Crippen molar-refractivity contribution in [3.8, 4) is 34.5 Å². The Balaban J connectivity index is 1.29. The summed E-state index contributed by atoms with van der Waals surface area (Å²) < 4.78 is 19.1.